The zero-order chi connectivity index (χ0) is 12.6. The van der Waals surface area contributed by atoms with E-state index in [1.165, 1.54) is 11.1 Å². The number of fused-ring (bicyclic) bond motifs is 1. The molecule has 0 bridgehead atoms. The van der Waals surface area contributed by atoms with Gasteiger partial charge in [-0.3, -0.25) is 0 Å². The summed E-state index contributed by atoms with van der Waals surface area (Å²) < 4.78 is 0. The Morgan fingerprint density at radius 1 is 1.41 bits per heavy atom. The predicted molar refractivity (Wildman–Crippen MR) is 71.5 cm³/mol. The Balaban J connectivity index is 2.36. The number of aromatic hydroxyl groups is 1. The summed E-state index contributed by atoms with van der Waals surface area (Å²) in [7, 11) is 0. The summed E-state index contributed by atoms with van der Waals surface area (Å²) >= 11 is 0. The number of hydrogen-bond acceptors (Lipinski definition) is 2. The molecule has 2 N–H and O–H groups in total. The molecule has 1 aliphatic carbocycles. The first-order valence-corrected chi connectivity index (χ1v) is 6.63. The summed E-state index contributed by atoms with van der Waals surface area (Å²) in [6.07, 6.45) is 2.21. The van der Waals surface area contributed by atoms with Crippen LogP contribution >= 0.6 is 0 Å². The van der Waals surface area contributed by atoms with Gasteiger partial charge in [0.1, 0.15) is 5.75 Å². The second-order valence-corrected chi connectivity index (χ2v) is 5.39. The number of phenolic OH excluding ortho intramolecular Hbond substituents is 1. The fourth-order valence-electron chi connectivity index (χ4n) is 2.96. The number of benzene rings is 1. The first kappa shape index (κ1) is 12.4. The van der Waals surface area contributed by atoms with E-state index in [9.17, 15) is 5.11 Å². The second-order valence-electron chi connectivity index (χ2n) is 5.39. The molecule has 0 radical (unpaired) electrons. The van der Waals surface area contributed by atoms with Crippen LogP contribution in [0.25, 0.3) is 0 Å². The molecule has 1 aromatic rings. The molecule has 2 rings (SSSR count). The Kier molecular flexibility index (Phi) is 3.43. The topological polar surface area (TPSA) is 32.3 Å². The van der Waals surface area contributed by atoms with Crippen LogP contribution in [-0.2, 0) is 0 Å². The third-order valence-electron chi connectivity index (χ3n) is 4.01. The minimum absolute atomic E-state index is 0.315. The summed E-state index contributed by atoms with van der Waals surface area (Å²) in [5.41, 5.74) is 3.79. The first-order chi connectivity index (χ1) is 8.04. The molecule has 0 saturated heterocycles. The van der Waals surface area contributed by atoms with Crippen LogP contribution < -0.4 is 5.32 Å². The van der Waals surface area contributed by atoms with Gasteiger partial charge < -0.3 is 10.4 Å². The second kappa shape index (κ2) is 4.69. The van der Waals surface area contributed by atoms with E-state index >= 15 is 0 Å². The maximum Gasteiger partial charge on any atom is 0.120 e. The van der Waals surface area contributed by atoms with Gasteiger partial charge in [0.25, 0.3) is 0 Å². The van der Waals surface area contributed by atoms with Crippen molar-refractivity contribution in [1.82, 2.24) is 5.32 Å². The van der Waals surface area contributed by atoms with E-state index in [-0.39, 0.29) is 0 Å². The molecule has 0 aliphatic heterocycles. The third-order valence-corrected chi connectivity index (χ3v) is 4.01. The molecule has 94 valence electrons. The number of phenols is 1. The Morgan fingerprint density at radius 3 is 2.76 bits per heavy atom. The molecular formula is C15H23NO. The molecule has 3 atom stereocenters. The maximum atomic E-state index is 10.1. The van der Waals surface area contributed by atoms with Gasteiger partial charge in [-0.1, -0.05) is 19.9 Å². The lowest BCUT2D eigenvalue weighted by molar-refractivity contribution is 0.412. The van der Waals surface area contributed by atoms with E-state index in [2.05, 4.69) is 33.0 Å². The van der Waals surface area contributed by atoms with Crippen molar-refractivity contribution in [3.8, 4) is 5.75 Å². The van der Waals surface area contributed by atoms with Crippen molar-refractivity contribution < 1.29 is 5.11 Å². The molecule has 1 aliphatic rings. The Labute approximate surface area is 104 Å². The molecule has 0 spiro atoms. The highest BCUT2D eigenvalue weighted by atomic mass is 16.3. The van der Waals surface area contributed by atoms with Gasteiger partial charge in [0.2, 0.25) is 0 Å². The van der Waals surface area contributed by atoms with Crippen LogP contribution in [0, 0.1) is 6.92 Å². The van der Waals surface area contributed by atoms with Crippen LogP contribution in [0.3, 0.4) is 0 Å². The lowest BCUT2D eigenvalue weighted by Crippen LogP contribution is -2.28. The number of nitrogens with one attached hydrogen (secondary N) is 1. The summed E-state index contributed by atoms with van der Waals surface area (Å²) in [5, 5.41) is 13.7. The predicted octanol–water partition coefficient (Wildman–Crippen LogP) is 3.64. The van der Waals surface area contributed by atoms with Gasteiger partial charge in [-0.25, -0.2) is 0 Å². The molecule has 0 heterocycles. The van der Waals surface area contributed by atoms with Crippen molar-refractivity contribution in [1.29, 1.82) is 0 Å². The average Bonchev–Trinajstić information content (AvgIpc) is 2.62. The zero-order valence-corrected chi connectivity index (χ0v) is 11.2. The molecule has 0 amide bonds. The number of hydrogen-bond donors (Lipinski definition) is 2. The molecule has 2 heteroatoms. The normalized spacial score (nSPS) is 24.7. The van der Waals surface area contributed by atoms with Crippen molar-refractivity contribution in [3.05, 3.63) is 28.8 Å². The highest BCUT2D eigenvalue weighted by Crippen LogP contribution is 2.46. The molecule has 0 fully saturated rings. The largest absolute Gasteiger partial charge is 0.508 e. The fraction of sp³-hybridized carbons (Fsp3) is 0.600. The van der Waals surface area contributed by atoms with Crippen LogP contribution in [0.2, 0.25) is 0 Å². The monoisotopic (exact) mass is 233 g/mol. The Morgan fingerprint density at radius 2 is 2.12 bits per heavy atom. The lowest BCUT2D eigenvalue weighted by atomic mass is 9.97. The summed E-state index contributed by atoms with van der Waals surface area (Å²) in [5.74, 6) is 0.995. The molecule has 0 aromatic heterocycles. The van der Waals surface area contributed by atoms with E-state index in [0.29, 0.717) is 23.8 Å². The summed E-state index contributed by atoms with van der Waals surface area (Å²) in [6, 6.07) is 4.67. The van der Waals surface area contributed by atoms with E-state index in [0.717, 1.165) is 18.4 Å². The van der Waals surface area contributed by atoms with Crippen LogP contribution in [0.5, 0.6) is 5.75 Å². The molecule has 0 saturated carbocycles. The fourth-order valence-corrected chi connectivity index (χ4v) is 2.96. The zero-order valence-electron chi connectivity index (χ0n) is 11.2. The SMILES string of the molecule is CCC(C)NC1CC(C)c2c(C)ccc(O)c21. The van der Waals surface area contributed by atoms with Crippen LogP contribution in [0.15, 0.2) is 12.1 Å². The third kappa shape index (κ3) is 2.19. The quantitative estimate of drug-likeness (QED) is 0.835. The van der Waals surface area contributed by atoms with Crippen molar-refractivity contribution in [3.63, 3.8) is 0 Å². The Bertz CT molecular complexity index is 414. The molecule has 17 heavy (non-hydrogen) atoms. The minimum Gasteiger partial charge on any atom is -0.508 e. The van der Waals surface area contributed by atoms with E-state index < -0.39 is 0 Å². The molecule has 2 nitrogen and oxygen atoms in total. The molecular weight excluding hydrogens is 210 g/mol. The van der Waals surface area contributed by atoms with E-state index in [1.54, 1.807) is 0 Å². The highest BCUT2D eigenvalue weighted by molar-refractivity contribution is 5.50. The van der Waals surface area contributed by atoms with E-state index in [1.807, 2.05) is 12.1 Å². The van der Waals surface area contributed by atoms with Gasteiger partial charge in [-0.15, -0.1) is 0 Å². The van der Waals surface area contributed by atoms with E-state index in [4.69, 9.17) is 0 Å². The smallest absolute Gasteiger partial charge is 0.120 e. The van der Waals surface area contributed by atoms with Crippen molar-refractivity contribution in [2.45, 2.75) is 58.5 Å². The molecule has 3 unspecified atom stereocenters. The maximum absolute atomic E-state index is 10.1. The number of rotatable bonds is 3. The van der Waals surface area contributed by atoms with Crippen LogP contribution in [0.1, 0.15) is 62.3 Å². The standard InChI is InChI=1S/C15H23NO/c1-5-11(4)16-12-8-10(3)14-9(2)6-7-13(17)15(12)14/h6-7,10-12,16-17H,5,8H2,1-4H3. The Hall–Kier alpha value is -1.02. The van der Waals surface area contributed by atoms with Gasteiger partial charge in [0.05, 0.1) is 0 Å². The summed E-state index contributed by atoms with van der Waals surface area (Å²) in [6.45, 7) is 8.78. The van der Waals surface area contributed by atoms with Gasteiger partial charge >= 0.3 is 0 Å². The van der Waals surface area contributed by atoms with Crippen LogP contribution in [-0.4, -0.2) is 11.1 Å². The first-order valence-electron chi connectivity index (χ1n) is 6.63. The number of aryl methyl sites for hydroxylation is 1. The van der Waals surface area contributed by atoms with Gasteiger partial charge in [0, 0.05) is 17.6 Å². The lowest BCUT2D eigenvalue weighted by Gasteiger charge is -2.20. The van der Waals surface area contributed by atoms with Gasteiger partial charge in [-0.05, 0) is 49.8 Å². The van der Waals surface area contributed by atoms with Gasteiger partial charge in [-0.2, -0.15) is 0 Å². The molecule has 1 aromatic carbocycles. The van der Waals surface area contributed by atoms with Gasteiger partial charge in [0.15, 0.2) is 0 Å². The highest BCUT2D eigenvalue weighted by Gasteiger charge is 2.32. The van der Waals surface area contributed by atoms with Crippen LogP contribution in [0.4, 0.5) is 0 Å². The summed E-state index contributed by atoms with van der Waals surface area (Å²) in [4.78, 5) is 0. The average molecular weight is 233 g/mol. The van der Waals surface area contributed by atoms with Crippen molar-refractivity contribution in [2.75, 3.05) is 0 Å². The minimum atomic E-state index is 0.315. The van der Waals surface area contributed by atoms with Crippen molar-refractivity contribution >= 4 is 0 Å². The van der Waals surface area contributed by atoms with Crippen molar-refractivity contribution in [2.24, 2.45) is 0 Å².